The van der Waals surface area contributed by atoms with Crippen molar-refractivity contribution in [2.45, 2.75) is 13.0 Å². The predicted octanol–water partition coefficient (Wildman–Crippen LogP) is -0.249. The number of amides is 1. The second kappa shape index (κ2) is 8.87. The summed E-state index contributed by atoms with van der Waals surface area (Å²) in [5.41, 5.74) is 6.22. The van der Waals surface area contributed by atoms with Crippen molar-refractivity contribution in [2.75, 3.05) is 26.8 Å². The van der Waals surface area contributed by atoms with Gasteiger partial charge in [0.05, 0.1) is 18.7 Å². The van der Waals surface area contributed by atoms with Crippen LogP contribution in [-0.2, 0) is 4.74 Å². The number of aromatic nitrogens is 1. The van der Waals surface area contributed by atoms with E-state index in [4.69, 9.17) is 10.5 Å². The van der Waals surface area contributed by atoms with Gasteiger partial charge < -0.3 is 21.1 Å². The van der Waals surface area contributed by atoms with Crippen molar-refractivity contribution in [2.24, 2.45) is 10.7 Å². The normalized spacial score (nSPS) is 12.8. The number of nitrogens with one attached hydrogen (secondary N) is 2. The second-order valence-corrected chi connectivity index (χ2v) is 4.27. The van der Waals surface area contributed by atoms with Gasteiger partial charge in [0.1, 0.15) is 0 Å². The van der Waals surface area contributed by atoms with E-state index in [2.05, 4.69) is 20.6 Å². The van der Waals surface area contributed by atoms with E-state index in [0.29, 0.717) is 31.2 Å². The fraction of sp³-hybridized carbons (Fsp3) is 0.462. The molecule has 1 aromatic rings. The molecule has 4 N–H and O–H groups in total. The third kappa shape index (κ3) is 6.14. The Kier molecular flexibility index (Phi) is 7.05. The Bertz CT molecular complexity index is 436. The molecule has 7 nitrogen and oxygen atoms in total. The van der Waals surface area contributed by atoms with E-state index < -0.39 is 0 Å². The molecule has 0 bridgehead atoms. The monoisotopic (exact) mass is 279 g/mol. The SMILES string of the molecule is COCC(C)NC(N)=NCCNC(=O)c1cccnc1. The van der Waals surface area contributed by atoms with Gasteiger partial charge in [-0.15, -0.1) is 0 Å². The zero-order valence-corrected chi connectivity index (χ0v) is 11.8. The Balaban J connectivity index is 2.25. The molecule has 0 aliphatic carbocycles. The van der Waals surface area contributed by atoms with Gasteiger partial charge in [-0.2, -0.15) is 0 Å². The van der Waals surface area contributed by atoms with Gasteiger partial charge in [0.2, 0.25) is 0 Å². The highest BCUT2D eigenvalue weighted by molar-refractivity contribution is 5.93. The molecule has 1 amide bonds. The van der Waals surface area contributed by atoms with Gasteiger partial charge in [-0.3, -0.25) is 14.8 Å². The average molecular weight is 279 g/mol. The third-order valence-corrected chi connectivity index (χ3v) is 2.41. The topological polar surface area (TPSA) is 102 Å². The minimum Gasteiger partial charge on any atom is -0.383 e. The van der Waals surface area contributed by atoms with Crippen LogP contribution in [0.3, 0.4) is 0 Å². The van der Waals surface area contributed by atoms with E-state index in [0.717, 1.165) is 0 Å². The zero-order valence-electron chi connectivity index (χ0n) is 11.8. The molecule has 110 valence electrons. The molecule has 1 aromatic heterocycles. The van der Waals surface area contributed by atoms with Gasteiger partial charge in [-0.1, -0.05) is 0 Å². The maximum atomic E-state index is 11.7. The van der Waals surface area contributed by atoms with Crippen LogP contribution in [0.2, 0.25) is 0 Å². The van der Waals surface area contributed by atoms with Gasteiger partial charge in [0.25, 0.3) is 5.91 Å². The molecule has 1 rings (SSSR count). The van der Waals surface area contributed by atoms with Crippen LogP contribution in [0.1, 0.15) is 17.3 Å². The number of carbonyl (C=O) groups is 1. The Morgan fingerprint density at radius 1 is 1.60 bits per heavy atom. The highest BCUT2D eigenvalue weighted by Crippen LogP contribution is 1.94. The number of aliphatic imine (C=N–C) groups is 1. The molecule has 0 saturated carbocycles. The fourth-order valence-electron chi connectivity index (χ4n) is 1.53. The molecule has 1 unspecified atom stereocenters. The molecule has 0 spiro atoms. The standard InChI is InChI=1S/C13H21N5O2/c1-10(9-20-2)18-13(14)17-7-6-16-12(19)11-4-3-5-15-8-11/h3-5,8,10H,6-7,9H2,1-2H3,(H,16,19)(H3,14,17,18). The van der Waals surface area contributed by atoms with Crippen molar-refractivity contribution in [1.29, 1.82) is 0 Å². The molecule has 0 radical (unpaired) electrons. The number of guanidine groups is 1. The molecule has 7 heteroatoms. The van der Waals surface area contributed by atoms with Crippen molar-refractivity contribution in [3.05, 3.63) is 30.1 Å². The number of rotatable bonds is 7. The maximum absolute atomic E-state index is 11.7. The Labute approximate surface area is 118 Å². The van der Waals surface area contributed by atoms with Crippen LogP contribution in [-0.4, -0.2) is 49.7 Å². The number of methoxy groups -OCH3 is 1. The van der Waals surface area contributed by atoms with E-state index in [1.165, 1.54) is 6.20 Å². The van der Waals surface area contributed by atoms with Gasteiger partial charge >= 0.3 is 0 Å². The predicted molar refractivity (Wildman–Crippen MR) is 77.5 cm³/mol. The summed E-state index contributed by atoms with van der Waals surface area (Å²) in [5, 5.41) is 5.72. The van der Waals surface area contributed by atoms with Gasteiger partial charge in [-0.05, 0) is 19.1 Å². The summed E-state index contributed by atoms with van der Waals surface area (Å²) in [6, 6.07) is 3.51. The Morgan fingerprint density at radius 3 is 3.05 bits per heavy atom. The van der Waals surface area contributed by atoms with Gasteiger partial charge in [0, 0.05) is 32.1 Å². The lowest BCUT2D eigenvalue weighted by atomic mass is 10.3. The first-order valence-corrected chi connectivity index (χ1v) is 6.37. The summed E-state index contributed by atoms with van der Waals surface area (Å²) in [6.45, 7) is 3.31. The van der Waals surface area contributed by atoms with Crippen LogP contribution in [0.25, 0.3) is 0 Å². The van der Waals surface area contributed by atoms with E-state index in [1.807, 2.05) is 6.92 Å². The van der Waals surface area contributed by atoms with E-state index in [9.17, 15) is 4.79 Å². The van der Waals surface area contributed by atoms with Gasteiger partial charge in [-0.25, -0.2) is 0 Å². The number of ether oxygens (including phenoxy) is 1. The number of nitrogens with two attached hydrogens (primary N) is 1. The summed E-state index contributed by atoms with van der Waals surface area (Å²) in [7, 11) is 1.62. The second-order valence-electron chi connectivity index (χ2n) is 4.27. The van der Waals surface area contributed by atoms with Crippen LogP contribution in [0, 0.1) is 0 Å². The number of hydrogen-bond donors (Lipinski definition) is 3. The maximum Gasteiger partial charge on any atom is 0.252 e. The zero-order chi connectivity index (χ0) is 14.8. The molecule has 20 heavy (non-hydrogen) atoms. The number of pyridine rings is 1. The first-order valence-electron chi connectivity index (χ1n) is 6.37. The minimum absolute atomic E-state index is 0.0914. The average Bonchev–Trinajstić information content (AvgIpc) is 2.44. The van der Waals surface area contributed by atoms with Crippen molar-refractivity contribution in [3.63, 3.8) is 0 Å². The molecule has 1 atom stereocenters. The number of nitrogens with zero attached hydrogens (tertiary/aromatic N) is 2. The van der Waals surface area contributed by atoms with E-state index >= 15 is 0 Å². The molecular weight excluding hydrogens is 258 g/mol. The van der Waals surface area contributed by atoms with Gasteiger partial charge in [0.15, 0.2) is 5.96 Å². The Morgan fingerprint density at radius 2 is 2.40 bits per heavy atom. The largest absolute Gasteiger partial charge is 0.383 e. The van der Waals surface area contributed by atoms with Crippen LogP contribution < -0.4 is 16.4 Å². The molecule has 0 aromatic carbocycles. The fourth-order valence-corrected chi connectivity index (χ4v) is 1.53. The van der Waals surface area contributed by atoms with Crippen molar-refractivity contribution < 1.29 is 9.53 Å². The summed E-state index contributed by atoms with van der Waals surface area (Å²) in [6.07, 6.45) is 3.13. The quantitative estimate of drug-likeness (QED) is 0.363. The molecule has 0 aliphatic heterocycles. The summed E-state index contributed by atoms with van der Waals surface area (Å²) < 4.78 is 4.97. The van der Waals surface area contributed by atoms with Crippen LogP contribution >= 0.6 is 0 Å². The summed E-state index contributed by atoms with van der Waals surface area (Å²) in [5.74, 6) is 0.165. The highest BCUT2D eigenvalue weighted by Gasteiger charge is 2.04. The molecule has 0 aliphatic rings. The van der Waals surface area contributed by atoms with Crippen molar-refractivity contribution >= 4 is 11.9 Å². The van der Waals surface area contributed by atoms with Crippen molar-refractivity contribution in [1.82, 2.24) is 15.6 Å². The lowest BCUT2D eigenvalue weighted by Gasteiger charge is -2.13. The van der Waals surface area contributed by atoms with Crippen molar-refractivity contribution in [3.8, 4) is 0 Å². The molecular formula is C13H21N5O2. The summed E-state index contributed by atoms with van der Waals surface area (Å²) in [4.78, 5) is 19.7. The smallest absolute Gasteiger partial charge is 0.252 e. The van der Waals surface area contributed by atoms with E-state index in [-0.39, 0.29) is 11.9 Å². The number of hydrogen-bond acceptors (Lipinski definition) is 4. The Hall–Kier alpha value is -2.15. The summed E-state index contributed by atoms with van der Waals surface area (Å²) >= 11 is 0. The lowest BCUT2D eigenvalue weighted by molar-refractivity contribution is 0.0954. The van der Waals surface area contributed by atoms with Crippen LogP contribution in [0.5, 0.6) is 0 Å². The molecule has 0 fully saturated rings. The molecule has 0 saturated heterocycles. The first-order chi connectivity index (χ1) is 9.63. The highest BCUT2D eigenvalue weighted by atomic mass is 16.5. The lowest BCUT2D eigenvalue weighted by Crippen LogP contribution is -2.41. The van der Waals surface area contributed by atoms with E-state index in [1.54, 1.807) is 25.4 Å². The van der Waals surface area contributed by atoms with Crippen LogP contribution in [0.15, 0.2) is 29.5 Å². The molecule has 1 heterocycles. The van der Waals surface area contributed by atoms with Crippen LogP contribution in [0.4, 0.5) is 0 Å². The minimum atomic E-state index is -0.174. The number of carbonyl (C=O) groups excluding carboxylic acids is 1. The first kappa shape index (κ1) is 15.9. The third-order valence-electron chi connectivity index (χ3n) is 2.41.